The molecule has 0 radical (unpaired) electrons. The lowest BCUT2D eigenvalue weighted by Gasteiger charge is -2.26. The number of benzene rings is 1. The lowest BCUT2D eigenvalue weighted by Crippen LogP contribution is -2.33. The summed E-state index contributed by atoms with van der Waals surface area (Å²) in [6.45, 7) is 5.66. The SMILES string of the molecule is CC(C)(C)C(COc1cccc(O)c1)C(=O)O. The monoisotopic (exact) mass is 238 g/mol. The summed E-state index contributed by atoms with van der Waals surface area (Å²) in [6.07, 6.45) is 0. The van der Waals surface area contributed by atoms with Crippen LogP contribution in [0.15, 0.2) is 24.3 Å². The van der Waals surface area contributed by atoms with Crippen molar-refractivity contribution in [2.24, 2.45) is 11.3 Å². The molecule has 1 atom stereocenters. The molecule has 4 heteroatoms. The van der Waals surface area contributed by atoms with Crippen molar-refractivity contribution < 1.29 is 19.7 Å². The Kier molecular flexibility index (Phi) is 3.99. The van der Waals surface area contributed by atoms with E-state index in [0.717, 1.165) is 0 Å². The number of phenols is 1. The molecule has 0 bridgehead atoms. The average molecular weight is 238 g/mol. The van der Waals surface area contributed by atoms with Crippen LogP contribution in [0.2, 0.25) is 0 Å². The molecule has 0 saturated heterocycles. The fourth-order valence-corrected chi connectivity index (χ4v) is 1.44. The summed E-state index contributed by atoms with van der Waals surface area (Å²) < 4.78 is 5.40. The Balaban J connectivity index is 2.68. The molecule has 0 amide bonds. The maximum atomic E-state index is 11.1. The van der Waals surface area contributed by atoms with Crippen molar-refractivity contribution in [3.05, 3.63) is 24.3 Å². The molecule has 0 saturated carbocycles. The van der Waals surface area contributed by atoms with Crippen molar-refractivity contribution in [1.29, 1.82) is 0 Å². The zero-order valence-electron chi connectivity index (χ0n) is 10.3. The quantitative estimate of drug-likeness (QED) is 0.845. The van der Waals surface area contributed by atoms with E-state index in [1.807, 2.05) is 20.8 Å². The van der Waals surface area contributed by atoms with Crippen molar-refractivity contribution in [2.75, 3.05) is 6.61 Å². The van der Waals surface area contributed by atoms with Crippen molar-refractivity contribution in [2.45, 2.75) is 20.8 Å². The van der Waals surface area contributed by atoms with Gasteiger partial charge in [-0.15, -0.1) is 0 Å². The second kappa shape index (κ2) is 5.08. The summed E-state index contributed by atoms with van der Waals surface area (Å²) in [7, 11) is 0. The van der Waals surface area contributed by atoms with Gasteiger partial charge < -0.3 is 14.9 Å². The molecule has 1 aromatic rings. The van der Waals surface area contributed by atoms with E-state index in [1.165, 1.54) is 12.1 Å². The minimum atomic E-state index is -0.877. The molecule has 4 nitrogen and oxygen atoms in total. The summed E-state index contributed by atoms with van der Waals surface area (Å²) >= 11 is 0. The summed E-state index contributed by atoms with van der Waals surface area (Å²) in [4.78, 5) is 11.1. The largest absolute Gasteiger partial charge is 0.508 e. The zero-order valence-corrected chi connectivity index (χ0v) is 10.3. The lowest BCUT2D eigenvalue weighted by molar-refractivity contribution is -0.146. The normalized spacial score (nSPS) is 13.1. The number of carboxylic acid groups (broad SMARTS) is 1. The number of hydrogen-bond donors (Lipinski definition) is 2. The molecule has 2 N–H and O–H groups in total. The second-order valence-electron chi connectivity index (χ2n) is 5.07. The van der Waals surface area contributed by atoms with Crippen LogP contribution in [-0.4, -0.2) is 22.8 Å². The van der Waals surface area contributed by atoms with E-state index in [9.17, 15) is 9.90 Å². The maximum absolute atomic E-state index is 11.1. The highest BCUT2D eigenvalue weighted by Crippen LogP contribution is 2.27. The van der Waals surface area contributed by atoms with E-state index in [-0.39, 0.29) is 17.8 Å². The van der Waals surface area contributed by atoms with Crippen LogP contribution < -0.4 is 4.74 Å². The Hall–Kier alpha value is -1.71. The number of carbonyl (C=O) groups is 1. The number of carboxylic acids is 1. The first-order valence-corrected chi connectivity index (χ1v) is 5.45. The highest BCUT2D eigenvalue weighted by molar-refractivity contribution is 5.71. The van der Waals surface area contributed by atoms with Crippen LogP contribution in [0, 0.1) is 11.3 Å². The third-order valence-electron chi connectivity index (χ3n) is 2.58. The van der Waals surface area contributed by atoms with E-state index in [4.69, 9.17) is 9.84 Å². The van der Waals surface area contributed by atoms with Crippen LogP contribution >= 0.6 is 0 Å². The predicted molar refractivity (Wildman–Crippen MR) is 64.2 cm³/mol. The molecule has 0 aromatic heterocycles. The molecule has 0 heterocycles. The molecule has 1 rings (SSSR count). The summed E-state index contributed by atoms with van der Waals surface area (Å²) in [5, 5.41) is 18.4. The van der Waals surface area contributed by atoms with Gasteiger partial charge in [0.15, 0.2) is 0 Å². The zero-order chi connectivity index (χ0) is 13.1. The molecular weight excluding hydrogens is 220 g/mol. The fourth-order valence-electron chi connectivity index (χ4n) is 1.44. The molecule has 1 unspecified atom stereocenters. The van der Waals surface area contributed by atoms with Gasteiger partial charge in [-0.05, 0) is 17.5 Å². The molecule has 0 aliphatic carbocycles. The minimum absolute atomic E-state index is 0.0856. The Labute approximate surface area is 101 Å². The number of phenolic OH excluding ortho intramolecular Hbond substituents is 1. The van der Waals surface area contributed by atoms with Crippen molar-refractivity contribution in [1.82, 2.24) is 0 Å². The van der Waals surface area contributed by atoms with Crippen LogP contribution in [0.25, 0.3) is 0 Å². The second-order valence-corrected chi connectivity index (χ2v) is 5.07. The van der Waals surface area contributed by atoms with Gasteiger partial charge >= 0.3 is 5.97 Å². The molecule has 0 aliphatic heterocycles. The van der Waals surface area contributed by atoms with Crippen molar-refractivity contribution in [3.63, 3.8) is 0 Å². The van der Waals surface area contributed by atoms with E-state index < -0.39 is 11.9 Å². The van der Waals surface area contributed by atoms with Gasteiger partial charge in [-0.1, -0.05) is 26.8 Å². The first kappa shape index (κ1) is 13.4. The minimum Gasteiger partial charge on any atom is -0.508 e. The number of aromatic hydroxyl groups is 1. The van der Waals surface area contributed by atoms with Crippen molar-refractivity contribution >= 4 is 5.97 Å². The topological polar surface area (TPSA) is 66.8 Å². The third-order valence-corrected chi connectivity index (χ3v) is 2.58. The third kappa shape index (κ3) is 3.98. The predicted octanol–water partition coefficient (Wildman–Crippen LogP) is 2.52. The van der Waals surface area contributed by atoms with Crippen LogP contribution in [-0.2, 0) is 4.79 Å². The smallest absolute Gasteiger partial charge is 0.310 e. The Bertz CT molecular complexity index is 393. The van der Waals surface area contributed by atoms with Crippen LogP contribution in [0.3, 0.4) is 0 Å². The number of aliphatic carboxylic acids is 1. The maximum Gasteiger partial charge on any atom is 0.310 e. The highest BCUT2D eigenvalue weighted by Gasteiger charge is 2.31. The molecule has 0 spiro atoms. The van der Waals surface area contributed by atoms with Gasteiger partial charge in [0.2, 0.25) is 0 Å². The van der Waals surface area contributed by atoms with Gasteiger partial charge in [0.25, 0.3) is 0 Å². The lowest BCUT2D eigenvalue weighted by atomic mass is 9.81. The first-order valence-electron chi connectivity index (χ1n) is 5.45. The Morgan fingerprint density at radius 1 is 1.41 bits per heavy atom. The van der Waals surface area contributed by atoms with Crippen LogP contribution in [0.5, 0.6) is 11.5 Å². The standard InChI is InChI=1S/C13H18O4/c1-13(2,3)11(12(15)16)8-17-10-6-4-5-9(14)7-10/h4-7,11,14H,8H2,1-3H3,(H,15,16). The molecule has 94 valence electrons. The Morgan fingerprint density at radius 3 is 2.53 bits per heavy atom. The highest BCUT2D eigenvalue weighted by atomic mass is 16.5. The van der Waals surface area contributed by atoms with Gasteiger partial charge in [-0.25, -0.2) is 0 Å². The van der Waals surface area contributed by atoms with Gasteiger partial charge in [0, 0.05) is 6.07 Å². The van der Waals surface area contributed by atoms with Crippen molar-refractivity contribution in [3.8, 4) is 11.5 Å². The van der Waals surface area contributed by atoms with Gasteiger partial charge in [0.05, 0.1) is 5.92 Å². The average Bonchev–Trinajstić information content (AvgIpc) is 2.15. The molecule has 17 heavy (non-hydrogen) atoms. The van der Waals surface area contributed by atoms with E-state index in [1.54, 1.807) is 12.1 Å². The molecular formula is C13H18O4. The molecule has 1 aromatic carbocycles. The van der Waals surface area contributed by atoms with Gasteiger partial charge in [0.1, 0.15) is 18.1 Å². The summed E-state index contributed by atoms with van der Waals surface area (Å²) in [5.41, 5.74) is -0.372. The van der Waals surface area contributed by atoms with E-state index >= 15 is 0 Å². The van der Waals surface area contributed by atoms with Crippen LogP contribution in [0.4, 0.5) is 0 Å². The fraction of sp³-hybridized carbons (Fsp3) is 0.462. The number of hydrogen-bond acceptors (Lipinski definition) is 3. The first-order chi connectivity index (χ1) is 7.80. The number of rotatable bonds is 4. The van der Waals surface area contributed by atoms with Crippen LogP contribution in [0.1, 0.15) is 20.8 Å². The number of ether oxygens (including phenoxy) is 1. The molecule has 0 aliphatic rings. The summed E-state index contributed by atoms with van der Waals surface area (Å²) in [5.74, 6) is -0.895. The van der Waals surface area contributed by atoms with Gasteiger partial charge in [-0.2, -0.15) is 0 Å². The summed E-state index contributed by atoms with van der Waals surface area (Å²) in [6, 6.07) is 6.33. The van der Waals surface area contributed by atoms with E-state index in [0.29, 0.717) is 5.75 Å². The van der Waals surface area contributed by atoms with E-state index in [2.05, 4.69) is 0 Å². The van der Waals surface area contributed by atoms with Gasteiger partial charge in [-0.3, -0.25) is 4.79 Å². The Morgan fingerprint density at radius 2 is 2.06 bits per heavy atom. The molecule has 0 fully saturated rings.